The number of methoxy groups -OCH3 is 1. The van der Waals surface area contributed by atoms with Gasteiger partial charge in [-0.3, -0.25) is 14.6 Å². The van der Waals surface area contributed by atoms with Crippen molar-refractivity contribution >= 4 is 46.6 Å². The van der Waals surface area contributed by atoms with Gasteiger partial charge in [-0.25, -0.2) is 9.37 Å². The number of carboxylic acids is 1. The quantitative estimate of drug-likeness (QED) is 0.109. The number of aliphatic carboxylic acids is 1. The van der Waals surface area contributed by atoms with Gasteiger partial charge < -0.3 is 31.1 Å². The van der Waals surface area contributed by atoms with E-state index in [1.165, 1.54) is 6.20 Å². The van der Waals surface area contributed by atoms with E-state index >= 15 is 4.39 Å². The number of hydrogen-bond donors (Lipinski definition) is 5. The summed E-state index contributed by atoms with van der Waals surface area (Å²) in [5, 5.41) is 22.4. The molecule has 1 amide bonds. The average molecular weight is 694 g/mol. The van der Waals surface area contributed by atoms with Crippen LogP contribution in [0.5, 0.6) is 5.75 Å². The Morgan fingerprint density at radius 2 is 1.83 bits per heavy atom. The molecule has 13 heteroatoms. The Hall–Kier alpha value is -4.29. The predicted octanol–water partition coefficient (Wildman–Crippen LogP) is 6.33. The molecule has 2 aromatic heterocycles. The first-order valence-corrected chi connectivity index (χ1v) is 16.4. The molecule has 6 rings (SSSR count). The summed E-state index contributed by atoms with van der Waals surface area (Å²) in [7, 11) is 1.61. The van der Waals surface area contributed by atoms with E-state index in [0.717, 1.165) is 17.5 Å². The van der Waals surface area contributed by atoms with Crippen LogP contribution in [-0.2, 0) is 22.7 Å². The molecule has 250 valence electrons. The summed E-state index contributed by atoms with van der Waals surface area (Å²) in [6.07, 6.45) is 5.60. The van der Waals surface area contributed by atoms with E-state index in [-0.39, 0.29) is 36.3 Å². The summed E-state index contributed by atoms with van der Waals surface area (Å²) in [5.41, 5.74) is 4.37. The number of benzene rings is 2. The number of nitrogens with zero attached hydrogens (tertiary/aromatic N) is 2. The van der Waals surface area contributed by atoms with Gasteiger partial charge in [0.15, 0.2) is 11.6 Å². The zero-order chi connectivity index (χ0) is 33.8. The van der Waals surface area contributed by atoms with E-state index < -0.39 is 11.8 Å². The number of carbonyl (C=O) groups excluding carboxylic acids is 1. The highest BCUT2D eigenvalue weighted by Crippen LogP contribution is 2.42. The number of halogens is 3. The second kappa shape index (κ2) is 14.9. The topological polar surface area (TPSA) is 138 Å². The molecule has 2 aliphatic rings. The van der Waals surface area contributed by atoms with Crippen LogP contribution in [0.4, 0.5) is 15.9 Å². The summed E-state index contributed by atoms with van der Waals surface area (Å²) < 4.78 is 21.2. The van der Waals surface area contributed by atoms with Crippen molar-refractivity contribution in [3.05, 3.63) is 87.9 Å². The van der Waals surface area contributed by atoms with E-state index in [0.29, 0.717) is 76.2 Å². The Kier molecular flexibility index (Phi) is 10.4. The highest BCUT2D eigenvalue weighted by Gasteiger charge is 2.34. The monoisotopic (exact) mass is 692 g/mol. The molecule has 1 saturated heterocycles. The van der Waals surface area contributed by atoms with Crippen molar-refractivity contribution < 1.29 is 23.8 Å². The van der Waals surface area contributed by atoms with Gasteiger partial charge in [0.2, 0.25) is 5.91 Å². The van der Waals surface area contributed by atoms with Gasteiger partial charge in [-0.15, -0.1) is 0 Å². The lowest BCUT2D eigenvalue weighted by atomic mass is 9.80. The molecule has 2 aromatic carbocycles. The van der Waals surface area contributed by atoms with Crippen molar-refractivity contribution in [3.8, 4) is 28.1 Å². The normalized spacial score (nSPS) is 18.7. The number of pyridine rings is 2. The third kappa shape index (κ3) is 7.39. The largest absolute Gasteiger partial charge is 0.496 e. The molecular formula is C35H35Cl2FN6O4. The van der Waals surface area contributed by atoms with Crippen molar-refractivity contribution in [1.29, 1.82) is 0 Å². The summed E-state index contributed by atoms with van der Waals surface area (Å²) in [5.74, 6) is -0.901. The Morgan fingerprint density at radius 1 is 1.04 bits per heavy atom. The van der Waals surface area contributed by atoms with Gasteiger partial charge >= 0.3 is 5.97 Å². The van der Waals surface area contributed by atoms with Crippen LogP contribution in [0, 0.1) is 11.7 Å². The fraction of sp³-hybridized carbons (Fsp3) is 0.314. The predicted molar refractivity (Wildman–Crippen MR) is 183 cm³/mol. The van der Waals surface area contributed by atoms with Crippen LogP contribution in [0.15, 0.2) is 60.9 Å². The van der Waals surface area contributed by atoms with Gasteiger partial charge in [0.05, 0.1) is 34.5 Å². The lowest BCUT2D eigenvalue weighted by molar-refractivity contribution is -0.145. The lowest BCUT2D eigenvalue weighted by Gasteiger charge is -2.33. The molecule has 4 aromatic rings. The summed E-state index contributed by atoms with van der Waals surface area (Å²) in [6, 6.07) is 14.6. The minimum atomic E-state index is -0.801. The van der Waals surface area contributed by atoms with Crippen LogP contribution in [0.3, 0.4) is 0 Å². The van der Waals surface area contributed by atoms with Crippen LogP contribution in [0.2, 0.25) is 10.0 Å². The molecule has 1 aliphatic heterocycles. The summed E-state index contributed by atoms with van der Waals surface area (Å²) in [6.45, 7) is 1.48. The molecule has 0 spiro atoms. The fourth-order valence-electron chi connectivity index (χ4n) is 6.01. The molecule has 5 N–H and O–H groups in total. The number of ether oxygens (including phenoxy) is 1. The van der Waals surface area contributed by atoms with Gasteiger partial charge in [-0.1, -0.05) is 47.5 Å². The van der Waals surface area contributed by atoms with E-state index in [4.69, 9.17) is 33.0 Å². The van der Waals surface area contributed by atoms with E-state index in [1.54, 1.807) is 37.6 Å². The van der Waals surface area contributed by atoms with Crippen LogP contribution >= 0.6 is 23.2 Å². The minimum absolute atomic E-state index is 0.0153. The van der Waals surface area contributed by atoms with Crippen LogP contribution in [-0.4, -0.2) is 52.7 Å². The maximum atomic E-state index is 15.5. The van der Waals surface area contributed by atoms with Gasteiger partial charge in [0.1, 0.15) is 5.75 Å². The molecule has 1 saturated carbocycles. The minimum Gasteiger partial charge on any atom is -0.496 e. The SMILES string of the molecule is COc1cc(-c2nccc(-c3cccc(Nc4nccc(CNC5CC(C(=O)O)C5)c4F)c3Cl)c2Cl)ccc1CNC[C@@H]1CCC(=O)N1. The number of carbonyl (C=O) groups is 2. The van der Waals surface area contributed by atoms with Crippen LogP contribution < -0.4 is 26.0 Å². The Labute approximate surface area is 287 Å². The molecule has 2 fully saturated rings. The van der Waals surface area contributed by atoms with Gasteiger partial charge in [0.25, 0.3) is 0 Å². The fourth-order valence-corrected chi connectivity index (χ4v) is 6.61. The van der Waals surface area contributed by atoms with Crippen molar-refractivity contribution in [2.75, 3.05) is 19.0 Å². The number of nitrogens with one attached hydrogen (secondary N) is 4. The molecule has 0 unspecified atom stereocenters. The molecular weight excluding hydrogens is 658 g/mol. The second-order valence-corrected chi connectivity index (χ2v) is 12.7. The number of carboxylic acid groups (broad SMARTS) is 1. The molecule has 0 radical (unpaired) electrons. The zero-order valence-corrected chi connectivity index (χ0v) is 27.7. The van der Waals surface area contributed by atoms with Crippen molar-refractivity contribution in [2.24, 2.45) is 5.92 Å². The van der Waals surface area contributed by atoms with E-state index in [2.05, 4.69) is 31.2 Å². The average Bonchev–Trinajstić information content (AvgIpc) is 3.47. The van der Waals surface area contributed by atoms with Gasteiger partial charge in [-0.05, 0) is 43.5 Å². The maximum Gasteiger partial charge on any atom is 0.306 e. The molecule has 1 aliphatic carbocycles. The van der Waals surface area contributed by atoms with Gasteiger partial charge in [-0.2, -0.15) is 0 Å². The molecule has 1 atom stereocenters. The van der Waals surface area contributed by atoms with E-state index in [1.807, 2.05) is 24.3 Å². The van der Waals surface area contributed by atoms with Crippen LogP contribution in [0.25, 0.3) is 22.4 Å². The first-order chi connectivity index (χ1) is 23.2. The number of amides is 1. The standard InChI is InChI=1S/C35H35Cl2FN6O4/c1-48-28-15-19(5-6-20(28)16-39-18-23-7-8-29(45)43-23)33-31(37)26(10-12-40-33)25-3-2-4-27(30(25)36)44-34-32(38)21(9-11-41-34)17-42-24-13-22(14-24)35(46)47/h2-6,9-12,15,22-24,39,42H,7-8,13-14,16-18H2,1H3,(H,41,44)(H,43,45)(H,46,47)/t22?,23-,24?/m0/s1. The maximum absolute atomic E-state index is 15.5. The third-order valence-corrected chi connectivity index (χ3v) is 9.61. The first kappa shape index (κ1) is 33.6. The summed E-state index contributed by atoms with van der Waals surface area (Å²) >= 11 is 13.9. The Bertz CT molecular complexity index is 1840. The van der Waals surface area contributed by atoms with E-state index in [9.17, 15) is 9.59 Å². The number of hydrogen-bond acceptors (Lipinski definition) is 8. The highest BCUT2D eigenvalue weighted by atomic mass is 35.5. The number of rotatable bonds is 13. The second-order valence-electron chi connectivity index (χ2n) is 12.0. The Balaban J connectivity index is 1.17. The first-order valence-electron chi connectivity index (χ1n) is 15.7. The number of aromatic nitrogens is 2. The molecule has 48 heavy (non-hydrogen) atoms. The smallest absolute Gasteiger partial charge is 0.306 e. The zero-order valence-electron chi connectivity index (χ0n) is 26.2. The molecule has 0 bridgehead atoms. The number of anilines is 2. The highest BCUT2D eigenvalue weighted by molar-refractivity contribution is 6.39. The van der Waals surface area contributed by atoms with Gasteiger partial charge in [0, 0.05) is 78.3 Å². The third-order valence-electron chi connectivity index (χ3n) is 8.82. The molecule has 10 nitrogen and oxygen atoms in total. The molecule has 3 heterocycles. The van der Waals surface area contributed by atoms with Crippen molar-refractivity contribution in [3.63, 3.8) is 0 Å². The Morgan fingerprint density at radius 3 is 2.58 bits per heavy atom. The lowest BCUT2D eigenvalue weighted by Crippen LogP contribution is -2.43. The summed E-state index contributed by atoms with van der Waals surface area (Å²) in [4.78, 5) is 31.3. The van der Waals surface area contributed by atoms with Crippen molar-refractivity contribution in [1.82, 2.24) is 25.9 Å². The van der Waals surface area contributed by atoms with Crippen molar-refractivity contribution in [2.45, 2.75) is 50.9 Å². The van der Waals surface area contributed by atoms with Crippen LogP contribution in [0.1, 0.15) is 36.8 Å².